The molecule has 0 fully saturated rings. The van der Waals surface area contributed by atoms with E-state index >= 15 is 0 Å². The normalized spacial score (nSPS) is 10.1. The maximum atomic E-state index is 4.13. The predicted molar refractivity (Wildman–Crippen MR) is 50.8 cm³/mol. The fraction of sp³-hybridized carbons (Fsp3) is 0. The van der Waals surface area contributed by atoms with Gasteiger partial charge in [-0.05, 0) is 15.9 Å². The van der Waals surface area contributed by atoms with Crippen LogP contribution in [0.5, 0.6) is 0 Å². The van der Waals surface area contributed by atoms with E-state index in [-0.39, 0.29) is 0 Å². The van der Waals surface area contributed by atoms with Crippen molar-refractivity contribution in [3.8, 4) is 10.7 Å². The summed E-state index contributed by atoms with van der Waals surface area (Å²) in [6, 6.07) is 0. The van der Waals surface area contributed by atoms with Crippen molar-refractivity contribution in [3.05, 3.63) is 28.6 Å². The van der Waals surface area contributed by atoms with Gasteiger partial charge in [0, 0.05) is 18.6 Å². The van der Waals surface area contributed by atoms with Gasteiger partial charge in [-0.25, -0.2) is 9.97 Å². The number of nitrogens with zero attached hydrogens (tertiary/aromatic N) is 3. The van der Waals surface area contributed by atoms with Crippen LogP contribution >= 0.6 is 27.3 Å². The molecule has 60 valence electrons. The highest BCUT2D eigenvalue weighted by molar-refractivity contribution is 9.10. The van der Waals surface area contributed by atoms with Gasteiger partial charge in [0.05, 0.1) is 14.9 Å². The smallest absolute Gasteiger partial charge is 0.171 e. The van der Waals surface area contributed by atoms with Crippen molar-refractivity contribution >= 4 is 27.3 Å². The molecule has 2 aromatic heterocycles. The van der Waals surface area contributed by atoms with Crippen LogP contribution in [0.15, 0.2) is 28.6 Å². The first-order valence-electron chi connectivity index (χ1n) is 3.22. The lowest BCUT2D eigenvalue weighted by Gasteiger charge is -1.92. The van der Waals surface area contributed by atoms with Crippen LogP contribution < -0.4 is 0 Å². The molecule has 0 aliphatic rings. The van der Waals surface area contributed by atoms with E-state index in [9.17, 15) is 0 Å². The van der Waals surface area contributed by atoms with E-state index in [0.717, 1.165) is 15.2 Å². The molecule has 0 spiro atoms. The van der Waals surface area contributed by atoms with Gasteiger partial charge in [0.1, 0.15) is 0 Å². The molecule has 0 N–H and O–H groups in total. The summed E-state index contributed by atoms with van der Waals surface area (Å²) < 4.78 is 0.885. The van der Waals surface area contributed by atoms with E-state index in [1.807, 2.05) is 0 Å². The quantitative estimate of drug-likeness (QED) is 0.770. The Kier molecular flexibility index (Phi) is 2.14. The van der Waals surface area contributed by atoms with Gasteiger partial charge in [-0.3, -0.25) is 4.98 Å². The molecule has 12 heavy (non-hydrogen) atoms. The Morgan fingerprint density at radius 3 is 2.50 bits per heavy atom. The summed E-state index contributed by atoms with van der Waals surface area (Å²) >= 11 is 4.80. The summed E-state index contributed by atoms with van der Waals surface area (Å²) in [6.07, 6.45) is 5.21. The van der Waals surface area contributed by atoms with Crippen LogP contribution in [0.4, 0.5) is 0 Å². The molecule has 0 atom stereocenters. The summed E-state index contributed by atoms with van der Waals surface area (Å²) in [5.41, 5.74) is 1.76. The first kappa shape index (κ1) is 7.82. The molecule has 0 unspecified atom stereocenters. The SMILES string of the molecule is Brc1cnc(-c2cncs2)nc1. The van der Waals surface area contributed by atoms with Crippen LogP contribution in [0, 0.1) is 0 Å². The first-order valence-corrected chi connectivity index (χ1v) is 4.90. The Morgan fingerprint density at radius 2 is 1.92 bits per heavy atom. The summed E-state index contributed by atoms with van der Waals surface area (Å²) in [5, 5.41) is 0. The molecule has 5 heteroatoms. The lowest BCUT2D eigenvalue weighted by molar-refractivity contribution is 1.17. The number of thiazole rings is 1. The average molecular weight is 242 g/mol. The standard InChI is InChI=1S/C7H4BrN3S/c8-5-1-10-7(11-2-5)6-3-9-4-12-6/h1-4H. The topological polar surface area (TPSA) is 38.7 Å². The number of hydrogen-bond acceptors (Lipinski definition) is 4. The van der Waals surface area contributed by atoms with Gasteiger partial charge in [-0.2, -0.15) is 0 Å². The monoisotopic (exact) mass is 241 g/mol. The van der Waals surface area contributed by atoms with E-state index in [1.54, 1.807) is 24.1 Å². The fourth-order valence-electron chi connectivity index (χ4n) is 0.766. The molecule has 2 rings (SSSR count). The zero-order chi connectivity index (χ0) is 8.39. The molecule has 0 amide bonds. The predicted octanol–water partition coefficient (Wildman–Crippen LogP) is 2.36. The maximum absolute atomic E-state index is 4.13. The minimum absolute atomic E-state index is 0.723. The van der Waals surface area contributed by atoms with Gasteiger partial charge in [-0.15, -0.1) is 11.3 Å². The van der Waals surface area contributed by atoms with Crippen LogP contribution in [0.1, 0.15) is 0 Å². The molecule has 0 saturated heterocycles. The average Bonchev–Trinajstić information content (AvgIpc) is 2.58. The van der Waals surface area contributed by atoms with Crippen LogP contribution in [0.2, 0.25) is 0 Å². The molecular weight excluding hydrogens is 238 g/mol. The Morgan fingerprint density at radius 1 is 1.17 bits per heavy atom. The summed E-state index contributed by atoms with van der Waals surface area (Å²) in [4.78, 5) is 13.2. The molecule has 3 nitrogen and oxygen atoms in total. The highest BCUT2D eigenvalue weighted by atomic mass is 79.9. The maximum Gasteiger partial charge on any atom is 0.171 e. The fourth-order valence-corrected chi connectivity index (χ4v) is 1.54. The van der Waals surface area contributed by atoms with Gasteiger partial charge in [0.25, 0.3) is 0 Å². The molecule has 0 aromatic carbocycles. The van der Waals surface area contributed by atoms with E-state index in [1.165, 1.54) is 11.3 Å². The largest absolute Gasteiger partial charge is 0.252 e. The Labute approximate surface area is 81.7 Å². The van der Waals surface area contributed by atoms with Crippen LogP contribution in [-0.2, 0) is 0 Å². The van der Waals surface area contributed by atoms with Crippen molar-refractivity contribution in [2.75, 3.05) is 0 Å². The molecule has 2 aromatic rings. The minimum atomic E-state index is 0.723. The van der Waals surface area contributed by atoms with Gasteiger partial charge >= 0.3 is 0 Å². The highest BCUT2D eigenvalue weighted by Crippen LogP contribution is 2.19. The third kappa shape index (κ3) is 1.51. The van der Waals surface area contributed by atoms with Gasteiger partial charge in [0.15, 0.2) is 5.82 Å². The summed E-state index contributed by atoms with van der Waals surface area (Å²) in [6.45, 7) is 0. The van der Waals surface area contributed by atoms with E-state index in [0.29, 0.717) is 0 Å². The van der Waals surface area contributed by atoms with Crippen LogP contribution in [0.25, 0.3) is 10.7 Å². The summed E-state index contributed by atoms with van der Waals surface area (Å²) in [7, 11) is 0. The lowest BCUT2D eigenvalue weighted by Crippen LogP contribution is -1.84. The van der Waals surface area contributed by atoms with Crippen LogP contribution in [0.3, 0.4) is 0 Å². The second-order valence-corrected chi connectivity index (χ2v) is 3.89. The Balaban J connectivity index is 2.43. The lowest BCUT2D eigenvalue weighted by atomic mass is 10.5. The molecular formula is C7H4BrN3S. The highest BCUT2D eigenvalue weighted by Gasteiger charge is 2.00. The molecule has 0 aliphatic heterocycles. The minimum Gasteiger partial charge on any atom is -0.252 e. The van der Waals surface area contributed by atoms with Crippen molar-refractivity contribution < 1.29 is 0 Å². The molecule has 0 aliphatic carbocycles. The van der Waals surface area contributed by atoms with Gasteiger partial charge < -0.3 is 0 Å². The van der Waals surface area contributed by atoms with E-state index in [2.05, 4.69) is 30.9 Å². The second kappa shape index (κ2) is 3.28. The third-order valence-electron chi connectivity index (χ3n) is 1.27. The van der Waals surface area contributed by atoms with Crippen molar-refractivity contribution in [1.82, 2.24) is 15.0 Å². The van der Waals surface area contributed by atoms with Gasteiger partial charge in [-0.1, -0.05) is 0 Å². The zero-order valence-electron chi connectivity index (χ0n) is 5.94. The molecule has 0 saturated carbocycles. The molecule has 0 bridgehead atoms. The Hall–Kier alpha value is -0.810. The molecule has 2 heterocycles. The molecule has 0 radical (unpaired) electrons. The number of aromatic nitrogens is 3. The van der Waals surface area contributed by atoms with Crippen molar-refractivity contribution in [3.63, 3.8) is 0 Å². The van der Waals surface area contributed by atoms with Crippen LogP contribution in [-0.4, -0.2) is 15.0 Å². The van der Waals surface area contributed by atoms with Crippen molar-refractivity contribution in [2.24, 2.45) is 0 Å². The number of hydrogen-bond donors (Lipinski definition) is 0. The van der Waals surface area contributed by atoms with E-state index in [4.69, 9.17) is 0 Å². The third-order valence-corrected chi connectivity index (χ3v) is 2.45. The number of halogens is 1. The van der Waals surface area contributed by atoms with E-state index < -0.39 is 0 Å². The van der Waals surface area contributed by atoms with Gasteiger partial charge in [0.2, 0.25) is 0 Å². The number of rotatable bonds is 1. The Bertz CT molecular complexity index is 357. The van der Waals surface area contributed by atoms with Crippen molar-refractivity contribution in [2.45, 2.75) is 0 Å². The summed E-state index contributed by atoms with van der Waals surface area (Å²) in [5.74, 6) is 0.723. The first-order chi connectivity index (χ1) is 5.86. The van der Waals surface area contributed by atoms with Crippen molar-refractivity contribution in [1.29, 1.82) is 0 Å². The zero-order valence-corrected chi connectivity index (χ0v) is 8.34. The second-order valence-electron chi connectivity index (χ2n) is 2.09.